The third-order valence-corrected chi connectivity index (χ3v) is 6.84. The molecule has 194 valence electrons. The minimum absolute atomic E-state index is 0.0943. The highest BCUT2D eigenvalue weighted by Gasteiger charge is 2.21. The van der Waals surface area contributed by atoms with Gasteiger partial charge < -0.3 is 20.1 Å². The highest BCUT2D eigenvalue weighted by Crippen LogP contribution is 2.30. The van der Waals surface area contributed by atoms with Gasteiger partial charge in [0.05, 0.1) is 12.3 Å². The fourth-order valence-electron chi connectivity index (χ4n) is 4.35. The maximum absolute atomic E-state index is 12.8. The maximum atomic E-state index is 12.8. The second kappa shape index (κ2) is 12.7. The first-order valence-electron chi connectivity index (χ1n) is 12.4. The van der Waals surface area contributed by atoms with Gasteiger partial charge in [-0.15, -0.1) is 0 Å². The predicted octanol–water partition coefficient (Wildman–Crippen LogP) is 5.71. The average Bonchev–Trinajstić information content (AvgIpc) is 2.89. The molecule has 0 saturated carbocycles. The minimum Gasteiger partial charge on any atom is -0.446 e. The summed E-state index contributed by atoms with van der Waals surface area (Å²) in [7, 11) is 2.07. The van der Waals surface area contributed by atoms with E-state index in [2.05, 4.69) is 22.6 Å². The molecular weight excluding hydrogens is 490 g/mol. The number of piperidine rings is 1. The number of hydrogen-bond donors (Lipinski definition) is 3. The quantitative estimate of drug-likeness (QED) is 0.353. The number of nitrogens with one attached hydrogen (secondary N) is 2. The highest BCUT2D eigenvalue weighted by molar-refractivity contribution is 6.31. The molecule has 3 aromatic rings. The van der Waals surface area contributed by atoms with Crippen molar-refractivity contribution in [3.05, 3.63) is 82.9 Å². The van der Waals surface area contributed by atoms with E-state index in [4.69, 9.17) is 16.3 Å². The summed E-state index contributed by atoms with van der Waals surface area (Å²) in [6.07, 6.45) is 1.82. The molecule has 1 fully saturated rings. The van der Waals surface area contributed by atoms with E-state index in [0.717, 1.165) is 42.6 Å². The number of likely N-dealkylation sites (tertiary alicyclic amines) is 1. The number of halogens is 1. The number of benzene rings is 3. The van der Waals surface area contributed by atoms with E-state index in [1.54, 1.807) is 18.2 Å². The van der Waals surface area contributed by atoms with Gasteiger partial charge in [-0.1, -0.05) is 60.1 Å². The van der Waals surface area contributed by atoms with Crippen molar-refractivity contribution in [2.24, 2.45) is 0 Å². The van der Waals surface area contributed by atoms with Crippen molar-refractivity contribution in [2.75, 3.05) is 30.8 Å². The monoisotopic (exact) mass is 521 g/mol. The van der Waals surface area contributed by atoms with Crippen LogP contribution in [0.25, 0.3) is 11.1 Å². The van der Waals surface area contributed by atoms with Crippen LogP contribution < -0.4 is 10.6 Å². The summed E-state index contributed by atoms with van der Waals surface area (Å²) < 4.78 is 5.70. The zero-order valence-electron chi connectivity index (χ0n) is 20.9. The Morgan fingerprint density at radius 3 is 2.49 bits per heavy atom. The molecule has 1 aliphatic heterocycles. The molecule has 0 aromatic heterocycles. The lowest BCUT2D eigenvalue weighted by Gasteiger charge is -2.28. The lowest BCUT2D eigenvalue weighted by molar-refractivity contribution is -0.116. The van der Waals surface area contributed by atoms with E-state index >= 15 is 0 Å². The van der Waals surface area contributed by atoms with Gasteiger partial charge in [0.2, 0.25) is 5.91 Å². The number of rotatable bonds is 8. The summed E-state index contributed by atoms with van der Waals surface area (Å²) in [6, 6.07) is 20.7. The lowest BCUT2D eigenvalue weighted by Crippen LogP contribution is -2.36. The molecule has 0 unspecified atom stereocenters. The van der Waals surface area contributed by atoms with Crippen LogP contribution in [-0.2, 0) is 22.6 Å². The van der Waals surface area contributed by atoms with Crippen LogP contribution in [0, 0.1) is 0 Å². The minimum atomic E-state index is -0.468. The number of carbonyl (C=O) groups excluding carboxylic acids is 2. The first-order chi connectivity index (χ1) is 17.9. The molecule has 2 amide bonds. The van der Waals surface area contributed by atoms with Crippen LogP contribution in [0.5, 0.6) is 0 Å². The Kier molecular flexibility index (Phi) is 9.17. The van der Waals surface area contributed by atoms with Crippen molar-refractivity contribution >= 4 is 35.0 Å². The molecular formula is C29H32ClN3O4. The first-order valence-corrected chi connectivity index (χ1v) is 12.8. The molecule has 1 saturated heterocycles. The number of carbonyl (C=O) groups is 2. The summed E-state index contributed by atoms with van der Waals surface area (Å²) in [4.78, 5) is 27.5. The van der Waals surface area contributed by atoms with Gasteiger partial charge in [0.15, 0.2) is 0 Å². The molecule has 3 N–H and O–H groups in total. The van der Waals surface area contributed by atoms with Crippen LogP contribution >= 0.6 is 11.6 Å². The van der Waals surface area contributed by atoms with Crippen molar-refractivity contribution in [3.63, 3.8) is 0 Å². The molecule has 0 radical (unpaired) electrons. The number of aliphatic hydroxyl groups excluding tert-OH is 1. The molecule has 7 nitrogen and oxygen atoms in total. The van der Waals surface area contributed by atoms with Gasteiger partial charge >= 0.3 is 6.09 Å². The van der Waals surface area contributed by atoms with Gasteiger partial charge in [-0.2, -0.15) is 0 Å². The number of aryl methyl sites for hydroxylation is 1. The van der Waals surface area contributed by atoms with Crippen LogP contribution in [0.4, 0.5) is 16.2 Å². The Balaban J connectivity index is 1.43. The number of anilines is 2. The van der Waals surface area contributed by atoms with E-state index in [1.807, 2.05) is 48.5 Å². The van der Waals surface area contributed by atoms with Crippen LogP contribution in [0.15, 0.2) is 66.7 Å². The Labute approximate surface area is 222 Å². The average molecular weight is 522 g/mol. The van der Waals surface area contributed by atoms with Gasteiger partial charge in [0.1, 0.15) is 6.10 Å². The number of nitrogens with zero attached hydrogens (tertiary/aromatic N) is 1. The number of aliphatic hydroxyl groups is 1. The lowest BCUT2D eigenvalue weighted by atomic mass is 9.99. The molecule has 0 aliphatic carbocycles. The Morgan fingerprint density at radius 2 is 1.78 bits per heavy atom. The number of ether oxygens (including phenoxy) is 1. The van der Waals surface area contributed by atoms with E-state index < -0.39 is 6.09 Å². The fourth-order valence-corrected chi connectivity index (χ4v) is 4.59. The summed E-state index contributed by atoms with van der Waals surface area (Å²) in [5.41, 5.74) is 4.60. The van der Waals surface area contributed by atoms with Crippen molar-refractivity contribution in [3.8, 4) is 11.1 Å². The Morgan fingerprint density at radius 1 is 1.03 bits per heavy atom. The fraction of sp³-hybridized carbons (Fsp3) is 0.310. The second-order valence-electron chi connectivity index (χ2n) is 9.29. The topological polar surface area (TPSA) is 90.9 Å². The molecule has 0 bridgehead atoms. The zero-order chi connectivity index (χ0) is 26.2. The van der Waals surface area contributed by atoms with Crippen molar-refractivity contribution in [2.45, 2.75) is 38.4 Å². The van der Waals surface area contributed by atoms with Gasteiger partial charge in [0, 0.05) is 35.8 Å². The van der Waals surface area contributed by atoms with Crippen molar-refractivity contribution in [1.29, 1.82) is 0 Å². The Hall–Kier alpha value is -3.39. The van der Waals surface area contributed by atoms with Crippen LogP contribution in [-0.4, -0.2) is 48.2 Å². The van der Waals surface area contributed by atoms with Crippen LogP contribution in [0.2, 0.25) is 5.02 Å². The van der Waals surface area contributed by atoms with E-state index in [0.29, 0.717) is 28.4 Å². The van der Waals surface area contributed by atoms with Crippen LogP contribution in [0.3, 0.4) is 0 Å². The van der Waals surface area contributed by atoms with E-state index in [1.165, 1.54) is 0 Å². The van der Waals surface area contributed by atoms with Crippen molar-refractivity contribution in [1.82, 2.24) is 4.90 Å². The van der Waals surface area contributed by atoms with Crippen LogP contribution in [0.1, 0.15) is 30.4 Å². The summed E-state index contributed by atoms with van der Waals surface area (Å²) in [5, 5.41) is 15.4. The molecule has 0 atom stereocenters. The SMILES string of the molecule is CN1CCC(OC(=O)Nc2cc(CCC(=O)Nc3ccc(CO)c(Cl)c3)ccc2-c2ccccc2)CC1. The molecule has 37 heavy (non-hydrogen) atoms. The summed E-state index contributed by atoms with van der Waals surface area (Å²) in [6.45, 7) is 1.65. The largest absolute Gasteiger partial charge is 0.446 e. The number of hydrogen-bond acceptors (Lipinski definition) is 5. The molecule has 4 rings (SSSR count). The molecule has 8 heteroatoms. The van der Waals surface area contributed by atoms with Gasteiger partial charge in [-0.3, -0.25) is 10.1 Å². The second-order valence-corrected chi connectivity index (χ2v) is 9.70. The molecule has 1 heterocycles. The van der Waals surface area contributed by atoms with Crippen molar-refractivity contribution < 1.29 is 19.4 Å². The van der Waals surface area contributed by atoms with Gasteiger partial charge in [-0.25, -0.2) is 4.79 Å². The summed E-state index contributed by atoms with van der Waals surface area (Å²) >= 11 is 6.12. The van der Waals surface area contributed by atoms with Gasteiger partial charge in [0.25, 0.3) is 0 Å². The predicted molar refractivity (Wildman–Crippen MR) is 147 cm³/mol. The Bertz CT molecular complexity index is 1230. The third kappa shape index (κ3) is 7.55. The number of amides is 2. The third-order valence-electron chi connectivity index (χ3n) is 6.49. The van der Waals surface area contributed by atoms with E-state index in [-0.39, 0.29) is 25.0 Å². The van der Waals surface area contributed by atoms with E-state index in [9.17, 15) is 14.7 Å². The maximum Gasteiger partial charge on any atom is 0.411 e. The summed E-state index contributed by atoms with van der Waals surface area (Å²) in [5.74, 6) is -0.156. The molecule has 0 spiro atoms. The smallest absolute Gasteiger partial charge is 0.411 e. The van der Waals surface area contributed by atoms with Gasteiger partial charge in [-0.05, 0) is 61.2 Å². The zero-order valence-corrected chi connectivity index (χ0v) is 21.6. The highest BCUT2D eigenvalue weighted by atomic mass is 35.5. The standard InChI is InChI=1S/C29H32ClN3O4/c1-33-15-13-24(14-16-33)37-29(36)32-27-17-20(7-11-25(27)21-5-3-2-4-6-21)8-12-28(35)31-23-10-9-22(19-34)26(30)18-23/h2-7,9-11,17-18,24,34H,8,12-16,19H2,1H3,(H,31,35)(H,32,36). The molecule has 1 aliphatic rings. The first kappa shape index (κ1) is 26.7. The molecule has 3 aromatic carbocycles. The normalized spacial score (nSPS) is 14.2.